The summed E-state index contributed by atoms with van der Waals surface area (Å²) >= 11 is 0. The molecule has 0 spiro atoms. The molecule has 1 aliphatic heterocycles. The molecule has 3 aromatic rings. The van der Waals surface area contributed by atoms with Crippen LogP contribution in [0.2, 0.25) is 0 Å². The summed E-state index contributed by atoms with van der Waals surface area (Å²) in [6.45, 7) is 4.46. The summed E-state index contributed by atoms with van der Waals surface area (Å²) in [7, 11) is 0. The molecule has 2 aromatic heterocycles. The Bertz CT molecular complexity index is 1010. The monoisotopic (exact) mass is 397 g/mol. The average molecular weight is 397 g/mol. The number of fused-ring (bicyclic) bond motifs is 1. The minimum atomic E-state index is -1.19. The fourth-order valence-corrected chi connectivity index (χ4v) is 3.36. The average Bonchev–Trinajstić information content (AvgIpc) is 3.35. The van der Waals surface area contributed by atoms with Crippen molar-refractivity contribution in [3.8, 4) is 0 Å². The van der Waals surface area contributed by atoms with E-state index < -0.39 is 11.5 Å². The molecule has 0 radical (unpaired) electrons. The van der Waals surface area contributed by atoms with Crippen LogP contribution >= 0.6 is 0 Å². The van der Waals surface area contributed by atoms with E-state index in [9.17, 15) is 14.7 Å². The fourth-order valence-electron chi connectivity index (χ4n) is 3.36. The van der Waals surface area contributed by atoms with E-state index in [2.05, 4.69) is 20.3 Å². The molecule has 152 valence electrons. The van der Waals surface area contributed by atoms with Gasteiger partial charge in [0.15, 0.2) is 11.1 Å². The van der Waals surface area contributed by atoms with Crippen LogP contribution in [0.3, 0.4) is 0 Å². The lowest BCUT2D eigenvalue weighted by Crippen LogP contribution is -2.38. The third kappa shape index (κ3) is 3.67. The van der Waals surface area contributed by atoms with E-state index in [0.29, 0.717) is 37.6 Å². The molecule has 29 heavy (non-hydrogen) atoms. The van der Waals surface area contributed by atoms with Crippen LogP contribution in [0.15, 0.2) is 41.1 Å². The third-order valence-electron chi connectivity index (χ3n) is 5.37. The van der Waals surface area contributed by atoms with Crippen molar-refractivity contribution in [2.75, 3.05) is 23.3 Å². The second-order valence-electron chi connectivity index (χ2n) is 7.75. The van der Waals surface area contributed by atoms with Crippen molar-refractivity contribution < 1.29 is 19.1 Å². The van der Waals surface area contributed by atoms with Crippen LogP contribution in [0.5, 0.6) is 0 Å². The standard InChI is InChI=1S/C20H23N5O4/c1-20(2,18(27)28)25-12-14(11-21-25)22-17(26)13-7-9-24(10-8-13)19-23-15-5-3-4-6-16(15)29-19/h3-6,11-13H,7-10H2,1-2H3,(H,22,26)(H,27,28). The zero-order chi connectivity index (χ0) is 20.6. The van der Waals surface area contributed by atoms with Gasteiger partial charge in [-0.05, 0) is 38.8 Å². The Balaban J connectivity index is 1.36. The molecule has 1 amide bonds. The highest BCUT2D eigenvalue weighted by Gasteiger charge is 2.31. The molecule has 4 rings (SSSR count). The Kier molecular flexibility index (Phi) is 4.73. The molecule has 2 N–H and O–H groups in total. The zero-order valence-electron chi connectivity index (χ0n) is 16.3. The van der Waals surface area contributed by atoms with Gasteiger partial charge in [-0.3, -0.25) is 9.48 Å². The van der Waals surface area contributed by atoms with E-state index in [1.807, 2.05) is 24.3 Å². The van der Waals surface area contributed by atoms with Gasteiger partial charge >= 0.3 is 5.97 Å². The van der Waals surface area contributed by atoms with Crippen molar-refractivity contribution in [1.82, 2.24) is 14.8 Å². The number of aromatic nitrogens is 3. The maximum atomic E-state index is 12.6. The van der Waals surface area contributed by atoms with Crippen LogP contribution in [0.1, 0.15) is 26.7 Å². The molecule has 0 saturated carbocycles. The maximum absolute atomic E-state index is 12.6. The summed E-state index contributed by atoms with van der Waals surface area (Å²) in [4.78, 5) is 30.5. The topological polar surface area (TPSA) is 113 Å². The van der Waals surface area contributed by atoms with Gasteiger partial charge in [-0.1, -0.05) is 12.1 Å². The molecule has 9 nitrogen and oxygen atoms in total. The number of nitrogens with one attached hydrogen (secondary N) is 1. The normalized spacial score (nSPS) is 15.6. The number of amides is 1. The molecule has 0 unspecified atom stereocenters. The van der Waals surface area contributed by atoms with Crippen LogP contribution < -0.4 is 10.2 Å². The van der Waals surface area contributed by atoms with Crippen LogP contribution in [0.25, 0.3) is 11.1 Å². The summed E-state index contributed by atoms with van der Waals surface area (Å²) in [6.07, 6.45) is 4.37. The molecule has 0 atom stereocenters. The first-order valence-electron chi connectivity index (χ1n) is 9.54. The predicted molar refractivity (Wildman–Crippen MR) is 107 cm³/mol. The Hall–Kier alpha value is -3.36. The van der Waals surface area contributed by atoms with E-state index in [1.54, 1.807) is 20.0 Å². The number of para-hydroxylation sites is 2. The predicted octanol–water partition coefficient (Wildman–Crippen LogP) is 2.70. The molecule has 1 fully saturated rings. The lowest BCUT2D eigenvalue weighted by Gasteiger charge is -2.29. The number of hydrogen-bond donors (Lipinski definition) is 2. The molecule has 3 heterocycles. The maximum Gasteiger partial charge on any atom is 0.331 e. The molecule has 0 aliphatic carbocycles. The molecular weight excluding hydrogens is 374 g/mol. The number of piperidine rings is 1. The van der Waals surface area contributed by atoms with Crippen LogP contribution in [0.4, 0.5) is 11.7 Å². The van der Waals surface area contributed by atoms with E-state index in [1.165, 1.54) is 10.9 Å². The number of aliphatic carboxylic acids is 1. The van der Waals surface area contributed by atoms with Crippen molar-refractivity contribution in [2.24, 2.45) is 5.92 Å². The third-order valence-corrected chi connectivity index (χ3v) is 5.37. The smallest absolute Gasteiger partial charge is 0.331 e. The second kappa shape index (κ2) is 7.23. The number of anilines is 2. The highest BCUT2D eigenvalue weighted by Crippen LogP contribution is 2.27. The minimum absolute atomic E-state index is 0.0881. The van der Waals surface area contributed by atoms with Crippen LogP contribution in [-0.2, 0) is 15.1 Å². The summed E-state index contributed by atoms with van der Waals surface area (Å²) in [5, 5.41) is 16.2. The van der Waals surface area contributed by atoms with E-state index in [4.69, 9.17) is 4.42 Å². The SMILES string of the molecule is CC(C)(C(=O)O)n1cc(NC(=O)C2CCN(c3nc4ccccc4o3)CC2)cn1. The molecule has 1 aliphatic rings. The van der Waals surface area contributed by atoms with Crippen molar-refractivity contribution in [3.05, 3.63) is 36.7 Å². The lowest BCUT2D eigenvalue weighted by atomic mass is 9.96. The molecule has 1 saturated heterocycles. The number of carbonyl (C=O) groups excluding carboxylic acids is 1. The van der Waals surface area contributed by atoms with Crippen LogP contribution in [-0.4, -0.2) is 44.8 Å². The summed E-state index contributed by atoms with van der Waals surface area (Å²) in [5.74, 6) is -1.22. The van der Waals surface area contributed by atoms with Gasteiger partial charge in [0.25, 0.3) is 6.01 Å². The van der Waals surface area contributed by atoms with Crippen LogP contribution in [0, 0.1) is 5.92 Å². The first-order chi connectivity index (χ1) is 13.8. The van der Waals surface area contributed by atoms with Crippen molar-refractivity contribution in [1.29, 1.82) is 0 Å². The molecule has 0 bridgehead atoms. The first-order valence-corrected chi connectivity index (χ1v) is 9.54. The Labute approximate surface area is 167 Å². The van der Waals surface area contributed by atoms with Gasteiger partial charge in [0.2, 0.25) is 5.91 Å². The number of nitrogens with zero attached hydrogens (tertiary/aromatic N) is 4. The lowest BCUT2D eigenvalue weighted by molar-refractivity contribution is -0.146. The molecule has 9 heteroatoms. The molecule has 1 aromatic carbocycles. The number of benzene rings is 1. The van der Waals surface area contributed by atoms with E-state index >= 15 is 0 Å². The zero-order valence-corrected chi connectivity index (χ0v) is 16.3. The number of carboxylic acids is 1. The van der Waals surface area contributed by atoms with Gasteiger partial charge in [0.05, 0.1) is 11.9 Å². The second-order valence-corrected chi connectivity index (χ2v) is 7.75. The van der Waals surface area contributed by atoms with E-state index in [0.717, 1.165) is 11.1 Å². The Morgan fingerprint density at radius 2 is 1.97 bits per heavy atom. The number of hydrogen-bond acceptors (Lipinski definition) is 6. The molecular formula is C20H23N5O4. The summed E-state index contributed by atoms with van der Waals surface area (Å²) in [5.41, 5.74) is 0.881. The Morgan fingerprint density at radius 1 is 1.24 bits per heavy atom. The van der Waals surface area contributed by atoms with E-state index in [-0.39, 0.29) is 11.8 Å². The summed E-state index contributed by atoms with van der Waals surface area (Å²) < 4.78 is 7.14. The Morgan fingerprint density at radius 3 is 2.66 bits per heavy atom. The van der Waals surface area contributed by atoms with Gasteiger partial charge in [-0.2, -0.15) is 10.1 Å². The quantitative estimate of drug-likeness (QED) is 0.680. The highest BCUT2D eigenvalue weighted by molar-refractivity contribution is 5.92. The van der Waals surface area contributed by atoms with Gasteiger partial charge in [-0.15, -0.1) is 0 Å². The number of carbonyl (C=O) groups is 2. The van der Waals surface area contributed by atoms with Crippen molar-refractivity contribution in [3.63, 3.8) is 0 Å². The number of oxazole rings is 1. The largest absolute Gasteiger partial charge is 0.479 e. The highest BCUT2D eigenvalue weighted by atomic mass is 16.4. The minimum Gasteiger partial charge on any atom is -0.479 e. The van der Waals surface area contributed by atoms with Gasteiger partial charge in [0, 0.05) is 25.2 Å². The van der Waals surface area contributed by atoms with Crippen molar-refractivity contribution in [2.45, 2.75) is 32.2 Å². The number of rotatable bonds is 5. The van der Waals surface area contributed by atoms with Gasteiger partial charge < -0.3 is 19.7 Å². The van der Waals surface area contributed by atoms with Gasteiger partial charge in [0.1, 0.15) is 5.52 Å². The summed E-state index contributed by atoms with van der Waals surface area (Å²) in [6, 6.07) is 8.22. The number of carboxylic acid groups (broad SMARTS) is 1. The van der Waals surface area contributed by atoms with Crippen molar-refractivity contribution >= 4 is 34.7 Å². The first kappa shape index (κ1) is 19.0. The van der Waals surface area contributed by atoms with Gasteiger partial charge in [-0.25, -0.2) is 4.79 Å². The fraction of sp³-hybridized carbons (Fsp3) is 0.400.